The summed E-state index contributed by atoms with van der Waals surface area (Å²) in [6.45, 7) is 0.392. The minimum absolute atomic E-state index is 0.0419. The monoisotopic (exact) mass is 413 g/mol. The van der Waals surface area contributed by atoms with E-state index >= 15 is 0 Å². The predicted octanol–water partition coefficient (Wildman–Crippen LogP) is 5.43. The van der Waals surface area contributed by atoms with Gasteiger partial charge in [-0.3, -0.25) is 4.72 Å². The number of anilines is 1. The summed E-state index contributed by atoms with van der Waals surface area (Å²) >= 11 is 12.8. The van der Waals surface area contributed by atoms with Gasteiger partial charge in [-0.05, 0) is 23.8 Å². The molecule has 0 fully saturated rings. The molecule has 0 atom stereocenters. The van der Waals surface area contributed by atoms with Gasteiger partial charge in [0.2, 0.25) is 0 Å². The quantitative estimate of drug-likeness (QED) is 0.585. The van der Waals surface area contributed by atoms with Crippen LogP contribution in [0.5, 0.6) is 5.75 Å². The molecule has 0 aliphatic carbocycles. The van der Waals surface area contributed by atoms with E-state index in [1.54, 1.807) is 24.3 Å². The number of ether oxygens (including phenoxy) is 1. The smallest absolute Gasteiger partial charge is 0.264 e. The molecule has 1 heterocycles. The van der Waals surface area contributed by atoms with Crippen LogP contribution in [-0.4, -0.2) is 8.42 Å². The standard InChI is InChI=1S/C17H13Cl2NO3S2/c18-16-10-15(17(19)24-16)25(21,22)20-13-7-4-8-14(9-13)23-11-12-5-2-1-3-6-12/h1-10,20H,11H2. The molecular weight excluding hydrogens is 401 g/mol. The van der Waals surface area contributed by atoms with Crippen LogP contribution < -0.4 is 9.46 Å². The first-order valence-corrected chi connectivity index (χ1v) is 10.2. The lowest BCUT2D eigenvalue weighted by molar-refractivity contribution is 0.306. The average molecular weight is 414 g/mol. The maximum Gasteiger partial charge on any atom is 0.264 e. The number of nitrogens with one attached hydrogen (secondary N) is 1. The summed E-state index contributed by atoms with van der Waals surface area (Å²) in [4.78, 5) is -0.0419. The van der Waals surface area contributed by atoms with Crippen LogP contribution in [0, 0.1) is 0 Å². The first-order valence-electron chi connectivity index (χ1n) is 7.18. The summed E-state index contributed by atoms with van der Waals surface area (Å²) in [7, 11) is -3.82. The van der Waals surface area contributed by atoms with E-state index in [4.69, 9.17) is 27.9 Å². The summed E-state index contributed by atoms with van der Waals surface area (Å²) in [6, 6.07) is 17.7. The lowest BCUT2D eigenvalue weighted by Crippen LogP contribution is -2.12. The molecule has 0 aliphatic rings. The molecule has 25 heavy (non-hydrogen) atoms. The second-order valence-corrected chi connectivity index (χ2v) is 9.03. The summed E-state index contributed by atoms with van der Waals surface area (Å²) < 4.78 is 33.5. The fourth-order valence-electron chi connectivity index (χ4n) is 2.11. The largest absolute Gasteiger partial charge is 0.489 e. The number of benzene rings is 2. The van der Waals surface area contributed by atoms with Crippen molar-refractivity contribution >= 4 is 50.2 Å². The van der Waals surface area contributed by atoms with Gasteiger partial charge in [0.05, 0.1) is 10.0 Å². The number of rotatable bonds is 6. The molecule has 1 aromatic heterocycles. The highest BCUT2D eigenvalue weighted by molar-refractivity contribution is 7.93. The number of hydrogen-bond acceptors (Lipinski definition) is 4. The lowest BCUT2D eigenvalue weighted by Gasteiger charge is -2.10. The first-order chi connectivity index (χ1) is 11.9. The molecule has 0 amide bonds. The van der Waals surface area contributed by atoms with Gasteiger partial charge in [0.25, 0.3) is 10.0 Å². The molecule has 0 aliphatic heterocycles. The average Bonchev–Trinajstić information content (AvgIpc) is 2.93. The van der Waals surface area contributed by atoms with Crippen molar-refractivity contribution in [2.45, 2.75) is 11.5 Å². The van der Waals surface area contributed by atoms with E-state index in [9.17, 15) is 8.42 Å². The third-order valence-electron chi connectivity index (χ3n) is 3.25. The fraction of sp³-hybridized carbons (Fsp3) is 0.0588. The Morgan fingerprint density at radius 3 is 2.44 bits per heavy atom. The van der Waals surface area contributed by atoms with E-state index in [1.165, 1.54) is 6.07 Å². The summed E-state index contributed by atoms with van der Waals surface area (Å²) in [6.07, 6.45) is 0. The van der Waals surface area contributed by atoms with Gasteiger partial charge in [-0.15, -0.1) is 11.3 Å². The zero-order valence-corrected chi connectivity index (χ0v) is 15.9. The van der Waals surface area contributed by atoms with E-state index in [0.29, 0.717) is 22.4 Å². The highest BCUT2D eigenvalue weighted by Gasteiger charge is 2.21. The van der Waals surface area contributed by atoms with Crippen molar-refractivity contribution < 1.29 is 13.2 Å². The van der Waals surface area contributed by atoms with Crippen LogP contribution in [-0.2, 0) is 16.6 Å². The van der Waals surface area contributed by atoms with Gasteiger partial charge in [0.15, 0.2) is 0 Å². The molecule has 1 N–H and O–H groups in total. The Kier molecular flexibility index (Phi) is 5.54. The third kappa shape index (κ3) is 4.67. The maximum atomic E-state index is 12.4. The van der Waals surface area contributed by atoms with E-state index in [0.717, 1.165) is 16.9 Å². The minimum Gasteiger partial charge on any atom is -0.489 e. The Morgan fingerprint density at radius 2 is 1.76 bits per heavy atom. The number of thiophene rings is 1. The summed E-state index contributed by atoms with van der Waals surface area (Å²) in [5.74, 6) is 0.554. The van der Waals surface area contributed by atoms with Crippen LogP contribution in [0.4, 0.5) is 5.69 Å². The normalized spacial score (nSPS) is 11.3. The fourth-order valence-corrected chi connectivity index (χ4v) is 5.31. The van der Waals surface area contributed by atoms with Gasteiger partial charge >= 0.3 is 0 Å². The Hall–Kier alpha value is -1.73. The first kappa shape index (κ1) is 18.1. The second-order valence-electron chi connectivity index (χ2n) is 5.10. The molecule has 0 unspecified atom stereocenters. The lowest BCUT2D eigenvalue weighted by atomic mass is 10.2. The number of hydrogen-bond donors (Lipinski definition) is 1. The Bertz CT molecular complexity index is 973. The van der Waals surface area contributed by atoms with E-state index in [2.05, 4.69) is 4.72 Å². The predicted molar refractivity (Wildman–Crippen MR) is 102 cm³/mol. The molecule has 3 rings (SSSR count). The van der Waals surface area contributed by atoms with Gasteiger partial charge < -0.3 is 4.74 Å². The number of halogens is 2. The molecule has 130 valence electrons. The van der Waals surface area contributed by atoms with E-state index < -0.39 is 10.0 Å². The zero-order chi connectivity index (χ0) is 17.9. The van der Waals surface area contributed by atoms with Gasteiger partial charge in [0.1, 0.15) is 21.6 Å². The van der Waals surface area contributed by atoms with Crippen LogP contribution >= 0.6 is 34.5 Å². The molecular formula is C17H13Cl2NO3S2. The Morgan fingerprint density at radius 1 is 1.00 bits per heavy atom. The van der Waals surface area contributed by atoms with Crippen LogP contribution in [0.2, 0.25) is 8.67 Å². The molecule has 0 bridgehead atoms. The van der Waals surface area contributed by atoms with Crippen molar-refractivity contribution in [3.05, 3.63) is 74.9 Å². The van der Waals surface area contributed by atoms with Crippen molar-refractivity contribution in [1.82, 2.24) is 0 Å². The second kappa shape index (κ2) is 7.66. The molecule has 0 saturated carbocycles. The van der Waals surface area contributed by atoms with Crippen LogP contribution in [0.3, 0.4) is 0 Å². The van der Waals surface area contributed by atoms with Gasteiger partial charge in [-0.2, -0.15) is 0 Å². The highest BCUT2D eigenvalue weighted by atomic mass is 35.5. The third-order valence-corrected chi connectivity index (χ3v) is 6.38. The van der Waals surface area contributed by atoms with E-state index in [-0.39, 0.29) is 9.23 Å². The van der Waals surface area contributed by atoms with Gasteiger partial charge in [-0.25, -0.2) is 8.42 Å². The van der Waals surface area contributed by atoms with Crippen LogP contribution in [0.15, 0.2) is 65.6 Å². The molecule has 2 aromatic carbocycles. The van der Waals surface area contributed by atoms with Crippen molar-refractivity contribution in [1.29, 1.82) is 0 Å². The molecule has 8 heteroatoms. The van der Waals surface area contributed by atoms with Crippen molar-refractivity contribution in [2.24, 2.45) is 0 Å². The zero-order valence-electron chi connectivity index (χ0n) is 12.8. The van der Waals surface area contributed by atoms with Crippen molar-refractivity contribution in [3.8, 4) is 5.75 Å². The van der Waals surface area contributed by atoms with Crippen molar-refractivity contribution in [3.63, 3.8) is 0 Å². The maximum absolute atomic E-state index is 12.4. The van der Waals surface area contributed by atoms with E-state index in [1.807, 2.05) is 30.3 Å². The van der Waals surface area contributed by atoms with Crippen LogP contribution in [0.25, 0.3) is 0 Å². The van der Waals surface area contributed by atoms with Crippen LogP contribution in [0.1, 0.15) is 5.56 Å². The minimum atomic E-state index is -3.82. The molecule has 4 nitrogen and oxygen atoms in total. The van der Waals surface area contributed by atoms with Gasteiger partial charge in [0, 0.05) is 6.07 Å². The molecule has 0 spiro atoms. The Balaban J connectivity index is 1.74. The Labute approximate surface area is 160 Å². The summed E-state index contributed by atoms with van der Waals surface area (Å²) in [5, 5.41) is 0. The highest BCUT2D eigenvalue weighted by Crippen LogP contribution is 2.35. The SMILES string of the molecule is O=S(=O)(Nc1cccc(OCc2ccccc2)c1)c1cc(Cl)sc1Cl. The van der Waals surface area contributed by atoms with Gasteiger partial charge in [-0.1, -0.05) is 59.6 Å². The topological polar surface area (TPSA) is 55.4 Å². The molecule has 3 aromatic rings. The summed E-state index contributed by atoms with van der Waals surface area (Å²) in [5.41, 5.74) is 1.40. The number of sulfonamides is 1. The molecule has 0 radical (unpaired) electrons. The van der Waals surface area contributed by atoms with Crippen molar-refractivity contribution in [2.75, 3.05) is 4.72 Å². The molecule has 0 saturated heterocycles.